The topological polar surface area (TPSA) is 921 Å². The van der Waals surface area contributed by atoms with Gasteiger partial charge in [0, 0.05) is 50.7 Å². The summed E-state index contributed by atoms with van der Waals surface area (Å²) in [6, 6.07) is -29.8. The Kier molecular flexibility index (Phi) is 54.9. The van der Waals surface area contributed by atoms with Crippen molar-refractivity contribution in [3.8, 4) is 0 Å². The Bertz CT molecular complexity index is 4200. The third kappa shape index (κ3) is 43.9. The van der Waals surface area contributed by atoms with E-state index in [9.17, 15) is 102 Å². The summed E-state index contributed by atoms with van der Waals surface area (Å²) in [4.78, 5) is 269. The molecular weight excluding hydrogens is 1860 g/mol. The number of rotatable bonds is 47. The molecule has 2 saturated heterocycles. The van der Waals surface area contributed by atoms with Crippen molar-refractivity contribution in [3.05, 3.63) is 0 Å². The van der Waals surface area contributed by atoms with Crippen molar-refractivity contribution in [1.82, 2.24) is 111 Å². The number of primary amides is 1. The minimum absolute atomic E-state index is 0.00220. The van der Waals surface area contributed by atoms with E-state index >= 15 is 14.4 Å². The molecule has 780 valence electrons. The maximum atomic E-state index is 15.2. The fourth-order valence-corrected chi connectivity index (χ4v) is 16.0. The van der Waals surface area contributed by atoms with E-state index in [0.717, 1.165) is 40.3 Å². The minimum Gasteiger partial charge on any atom is -0.480 e. The lowest BCUT2D eigenvalue weighted by molar-refractivity contribution is -0.149. The minimum atomic E-state index is -2.00. The van der Waals surface area contributed by atoms with Crippen LogP contribution in [0.4, 0.5) is 0 Å². The van der Waals surface area contributed by atoms with E-state index in [1.54, 1.807) is 27.7 Å². The molecule has 55 nitrogen and oxygen atoms in total. The maximum absolute atomic E-state index is 15.2. The Morgan fingerprint density at radius 2 is 0.913 bits per heavy atom. The van der Waals surface area contributed by atoms with Gasteiger partial charge in [-0.05, 0) is 121 Å². The van der Waals surface area contributed by atoms with Crippen LogP contribution in [-0.4, -0.2) is 345 Å². The Morgan fingerprint density at radius 3 is 1.39 bits per heavy atom. The van der Waals surface area contributed by atoms with E-state index in [4.69, 9.17) is 56.0 Å². The zero-order valence-electron chi connectivity index (χ0n) is 79.5. The number of nitrogens with one attached hydrogen (secondary N) is 24. The monoisotopic (exact) mass is 2000 g/mol. The lowest BCUT2D eigenvalue weighted by Gasteiger charge is -2.31. The summed E-state index contributed by atoms with van der Waals surface area (Å²) in [6.45, 7) is 12.3. The number of amides is 18. The molecule has 0 saturated carbocycles. The molecule has 2 fully saturated rings. The average molecular weight is 2000 g/mol. The number of nitrogens with zero attached hydrogens (tertiary/aromatic N) is 1. The Balaban J connectivity index is 2.92. The van der Waals surface area contributed by atoms with Crippen molar-refractivity contribution in [2.45, 2.75) is 281 Å². The molecule has 138 heavy (non-hydrogen) atoms. The SMILES string of the molecule is CC[C@H](C)[C@@H]1NC(=O)[C@H](CCCNC(=N)N)NC(=O)[C@H]([C@@H](C)O)NC(=O)[C@H](CC(C)C)NC(=O)[C@H](C)NC(=O)[C@H](CO)NC(=O)[C@@H](NC(=O)[C@H](CCCNC(=N)N)NC(=O)[C@H](CCCNC(=N)N)NC(=O)[C@@H](NC(=O)[C@H](C)NC(=O)[C@H](CCCNC(=N)N)NC(=O)[C@H](CO)NC(=O)[C@H](CO)NC(=O)[C@@H](N)CCC(N)=O)C(C)C)CSSC[C@@H](C(=O)N2CCC[C@H]2C(=O)O)NC(=O)[C@H](C(C)C)NC1=O. The molecule has 0 unspecified atom stereocenters. The van der Waals surface area contributed by atoms with Crippen LogP contribution >= 0.6 is 21.6 Å². The summed E-state index contributed by atoms with van der Waals surface area (Å²) in [5, 5.41) is 133. The number of carboxylic acid groups (broad SMARTS) is 1. The summed E-state index contributed by atoms with van der Waals surface area (Å²) in [5.74, 6) is -26.4. The molecule has 0 spiro atoms. The van der Waals surface area contributed by atoms with Crippen LogP contribution in [0.3, 0.4) is 0 Å². The number of guanidine groups is 4. The molecule has 2 aliphatic rings. The second-order valence-corrected chi connectivity index (χ2v) is 37.0. The van der Waals surface area contributed by atoms with Gasteiger partial charge in [-0.25, -0.2) is 4.79 Å². The second-order valence-electron chi connectivity index (χ2n) is 34.4. The number of aliphatic hydroxyl groups is 4. The number of likely N-dealkylation sites (tertiary alicyclic amines) is 1. The molecule has 2 rings (SSSR count). The zero-order valence-corrected chi connectivity index (χ0v) is 81.1. The van der Waals surface area contributed by atoms with Gasteiger partial charge in [-0.1, -0.05) is 83.4 Å². The van der Waals surface area contributed by atoms with Crippen LogP contribution in [0.25, 0.3) is 0 Å². The number of carbonyl (C=O) groups is 19. The van der Waals surface area contributed by atoms with Gasteiger partial charge in [0.25, 0.3) is 0 Å². The molecule has 0 radical (unpaired) electrons. The first-order chi connectivity index (χ1) is 64.7. The average Bonchev–Trinajstić information content (AvgIpc) is 1.68. The van der Waals surface area contributed by atoms with Crippen molar-refractivity contribution in [2.75, 3.05) is 64.1 Å². The summed E-state index contributed by atoms with van der Waals surface area (Å²) in [5.41, 5.74) is 33.0. The van der Waals surface area contributed by atoms with Crippen LogP contribution in [0.15, 0.2) is 0 Å². The van der Waals surface area contributed by atoms with Gasteiger partial charge < -0.3 is 171 Å². The zero-order chi connectivity index (χ0) is 105. The van der Waals surface area contributed by atoms with Crippen LogP contribution in [0.2, 0.25) is 0 Å². The van der Waals surface area contributed by atoms with Crippen LogP contribution in [0.1, 0.15) is 166 Å². The molecule has 0 bridgehead atoms. The highest BCUT2D eigenvalue weighted by molar-refractivity contribution is 8.76. The Morgan fingerprint density at radius 1 is 0.478 bits per heavy atom. The van der Waals surface area contributed by atoms with E-state index < -0.39 is 300 Å². The van der Waals surface area contributed by atoms with Crippen molar-refractivity contribution < 1.29 is 117 Å². The molecule has 0 aromatic carbocycles. The molecule has 41 N–H and O–H groups in total. The van der Waals surface area contributed by atoms with Crippen molar-refractivity contribution >= 4 is 158 Å². The number of nitrogens with two attached hydrogens (primary N) is 6. The van der Waals surface area contributed by atoms with E-state index in [-0.39, 0.29) is 129 Å². The summed E-state index contributed by atoms with van der Waals surface area (Å²) < 4.78 is 0. The van der Waals surface area contributed by atoms with Gasteiger partial charge in [0.2, 0.25) is 106 Å². The number of carbonyl (C=O) groups excluding carboxylic acids is 18. The summed E-state index contributed by atoms with van der Waals surface area (Å²) >= 11 is 0. The van der Waals surface area contributed by atoms with Gasteiger partial charge in [-0.2, -0.15) is 0 Å². The van der Waals surface area contributed by atoms with Crippen molar-refractivity contribution in [3.63, 3.8) is 0 Å². The Hall–Kier alpha value is -12.5. The number of hydrogen-bond acceptors (Lipinski definition) is 30. The van der Waals surface area contributed by atoms with Crippen LogP contribution in [0.5, 0.6) is 0 Å². The van der Waals surface area contributed by atoms with Gasteiger partial charge in [0.15, 0.2) is 23.8 Å². The first kappa shape index (κ1) is 122. The van der Waals surface area contributed by atoms with E-state index in [1.165, 1.54) is 34.6 Å². The number of aliphatic hydroxyl groups excluding tert-OH is 4. The largest absolute Gasteiger partial charge is 0.480 e. The number of carboxylic acids is 1. The lowest BCUT2D eigenvalue weighted by atomic mass is 9.95. The molecule has 0 aromatic heterocycles. The molecule has 0 aliphatic carbocycles. The maximum Gasteiger partial charge on any atom is 0.326 e. The summed E-state index contributed by atoms with van der Waals surface area (Å²) in [7, 11) is 1.51. The van der Waals surface area contributed by atoms with Gasteiger partial charge in [-0.15, -0.1) is 0 Å². The molecule has 2 heterocycles. The third-order valence-corrected chi connectivity index (χ3v) is 24.2. The standard InChI is InChI=1S/C81H145N31O24S2/c1-12-39(8)58-74(132)109-57(38(6)7)73(131)107-53(76(134)112-29-17-22-54(112)77(135)136)35-138-137-34-52(71(129)105-49(31-113)68(126)97-40(9)60(118)102-48(30-36(2)3)67(125)111-59(42(11)116)75(133)101-47(66(124)110-58)21-16-28-95-81(90)91)106-65(123)45(19-14-26-93-79(86)87)98-64(122)46(20-15-27-94-80(88)89)100-72(130)56(37(4)5)108-61(119)41(10)96-63(121)44(18-13-25-92-78(84)85)99-69(127)51(33-115)104-70(128)50(32-114)103-62(120)43(82)23-24-55(83)117/h36-54,56-59,113-116H,12-35,82H2,1-11H3,(H2,83,117)(H,96,121)(H,97,126)(H,98,122)(H,99,127)(H,100,130)(H,101,133)(H,102,118)(H,103,120)(H,104,128)(H,105,129)(H,106,123)(H,107,131)(H,108,119)(H,109,132)(H,110,124)(H,111,125)(H,135,136)(H4,84,85,92)(H4,86,87,93)(H4,88,89,94)(H4,90,91,95)/t39-,40-,41-,42+,43-,44-,45-,46-,47-,48-,49-,50-,51-,52-,53-,54-,56-,57-,58-,59-/m0/s1. The molecule has 0 aromatic rings. The van der Waals surface area contributed by atoms with Crippen LogP contribution in [-0.2, 0) is 91.1 Å². The summed E-state index contributed by atoms with van der Waals surface area (Å²) in [6.07, 6.45) is -3.34. The molecule has 57 heteroatoms. The van der Waals surface area contributed by atoms with Crippen molar-refractivity contribution in [2.24, 2.45) is 58.1 Å². The number of aliphatic carboxylic acids is 1. The highest BCUT2D eigenvalue weighted by atomic mass is 33.1. The van der Waals surface area contributed by atoms with E-state index in [0.29, 0.717) is 0 Å². The smallest absolute Gasteiger partial charge is 0.326 e. The third-order valence-electron chi connectivity index (χ3n) is 21.8. The predicted octanol–water partition coefficient (Wildman–Crippen LogP) is -12.3. The van der Waals surface area contributed by atoms with Crippen LogP contribution < -0.4 is 141 Å². The van der Waals surface area contributed by atoms with E-state index in [1.807, 2.05) is 0 Å². The van der Waals surface area contributed by atoms with Crippen LogP contribution in [0, 0.1) is 45.3 Å². The molecule has 18 amide bonds. The normalized spacial score (nSPS) is 21.9. The molecule has 2 aliphatic heterocycles. The number of hydrogen-bond donors (Lipinski definition) is 35. The Labute approximate surface area is 806 Å². The fourth-order valence-electron chi connectivity index (χ4n) is 13.7. The van der Waals surface area contributed by atoms with Gasteiger partial charge in [0.05, 0.1) is 32.0 Å². The first-order valence-corrected chi connectivity index (χ1v) is 47.7. The van der Waals surface area contributed by atoms with Gasteiger partial charge in [0.1, 0.15) is 103 Å². The first-order valence-electron chi connectivity index (χ1n) is 45.2. The fraction of sp³-hybridized carbons (Fsp3) is 0.716. The molecular formula is C81H145N31O24S2. The quantitative estimate of drug-likeness (QED) is 0.0116. The second kappa shape index (κ2) is 62.4. The van der Waals surface area contributed by atoms with E-state index in [2.05, 4.69) is 106 Å². The van der Waals surface area contributed by atoms with Gasteiger partial charge in [-0.3, -0.25) is 108 Å². The predicted molar refractivity (Wildman–Crippen MR) is 504 cm³/mol. The highest BCUT2D eigenvalue weighted by Crippen LogP contribution is 2.27. The highest BCUT2D eigenvalue weighted by Gasteiger charge is 2.43. The van der Waals surface area contributed by atoms with Gasteiger partial charge >= 0.3 is 5.97 Å². The lowest BCUT2D eigenvalue weighted by Crippen LogP contribution is -2.63. The van der Waals surface area contributed by atoms with Crippen molar-refractivity contribution in [1.29, 1.82) is 21.6 Å². The molecule has 20 atom stereocenters.